The number of para-hydroxylation sites is 1. The molecule has 0 bridgehead atoms. The highest BCUT2D eigenvalue weighted by Crippen LogP contribution is 2.23. The van der Waals surface area contributed by atoms with E-state index in [9.17, 15) is 17.6 Å². The third kappa shape index (κ3) is 12.3. The van der Waals surface area contributed by atoms with E-state index in [1.54, 1.807) is 12.1 Å². The number of piperazine rings is 1. The molecule has 0 amide bonds. The first-order chi connectivity index (χ1) is 24.8. The van der Waals surface area contributed by atoms with Crippen LogP contribution in [0.4, 0.5) is 10.1 Å². The van der Waals surface area contributed by atoms with E-state index in [2.05, 4.69) is 32.7 Å². The minimum Gasteiger partial charge on any atom is -0.492 e. The Hall–Kier alpha value is -3.96. The van der Waals surface area contributed by atoms with Crippen molar-refractivity contribution in [2.24, 2.45) is 0 Å². The summed E-state index contributed by atoms with van der Waals surface area (Å²) >= 11 is 5.94. The molecule has 11 heteroatoms. The van der Waals surface area contributed by atoms with Crippen molar-refractivity contribution in [2.75, 3.05) is 50.8 Å². The number of ether oxygens (including phenoxy) is 2. The lowest BCUT2D eigenvalue weighted by Crippen LogP contribution is -2.47. The number of anilines is 1. The van der Waals surface area contributed by atoms with Crippen LogP contribution in [0, 0.1) is 5.82 Å². The molecular weight excluding hydrogens is 701 g/mol. The highest BCUT2D eigenvalue weighted by atomic mass is 35.5. The number of hydrogen-bond acceptors (Lipinski definition) is 7. The smallest absolute Gasteiger partial charge is 0.306 e. The second-order valence-corrected chi connectivity index (χ2v) is 16.3. The molecule has 0 radical (unpaired) electrons. The van der Waals surface area contributed by atoms with E-state index in [0.717, 1.165) is 79.3 Å². The Morgan fingerprint density at radius 2 is 1.46 bits per heavy atom. The standard InChI is InChI=1S/C41H49ClFN3O5S/c1-41(2,3)51-40(47)19-9-32-28-31(29-33(30-32)20-21-44-52(48,49)38-17-11-35(42)12-18-38)8-10-34-6-4-5-7-39(34)50-27-26-45-22-24-46(25-23-45)37-15-13-36(43)14-16-37/h4-7,11-18,28-30,44H,8-10,19-27H2,1-3H3. The summed E-state index contributed by atoms with van der Waals surface area (Å²) in [6.45, 7) is 10.8. The van der Waals surface area contributed by atoms with Gasteiger partial charge >= 0.3 is 5.97 Å². The lowest BCUT2D eigenvalue weighted by Gasteiger charge is -2.36. The van der Waals surface area contributed by atoms with E-state index in [1.807, 2.05) is 57.2 Å². The Morgan fingerprint density at radius 3 is 2.13 bits per heavy atom. The molecule has 1 heterocycles. The number of carbonyl (C=O) groups is 1. The van der Waals surface area contributed by atoms with Gasteiger partial charge in [0.1, 0.15) is 23.8 Å². The first kappa shape index (κ1) is 39.3. The molecule has 8 nitrogen and oxygen atoms in total. The molecule has 1 saturated heterocycles. The SMILES string of the molecule is CC(C)(C)OC(=O)CCc1cc(CCNS(=O)(=O)c2ccc(Cl)cc2)cc(CCc2ccccc2OCCN2CCN(c3ccc(F)cc3)CC2)c1. The normalized spacial score (nSPS) is 14.0. The third-order valence-corrected chi connectivity index (χ3v) is 10.6. The van der Waals surface area contributed by atoms with Gasteiger partial charge in [0.15, 0.2) is 0 Å². The van der Waals surface area contributed by atoms with Gasteiger partial charge in [0.2, 0.25) is 10.0 Å². The van der Waals surface area contributed by atoms with Gasteiger partial charge in [-0.1, -0.05) is 48.0 Å². The van der Waals surface area contributed by atoms with Gasteiger partial charge in [0, 0.05) is 56.4 Å². The van der Waals surface area contributed by atoms with Crippen molar-refractivity contribution in [1.29, 1.82) is 0 Å². The topological polar surface area (TPSA) is 88.2 Å². The van der Waals surface area contributed by atoms with Crippen molar-refractivity contribution in [2.45, 2.75) is 63.4 Å². The van der Waals surface area contributed by atoms with Gasteiger partial charge < -0.3 is 14.4 Å². The van der Waals surface area contributed by atoms with E-state index in [4.69, 9.17) is 21.1 Å². The van der Waals surface area contributed by atoms with Crippen LogP contribution < -0.4 is 14.4 Å². The Morgan fingerprint density at radius 1 is 0.827 bits per heavy atom. The highest BCUT2D eigenvalue weighted by Gasteiger charge is 2.19. The van der Waals surface area contributed by atoms with Gasteiger partial charge in [-0.2, -0.15) is 0 Å². The molecule has 278 valence electrons. The summed E-state index contributed by atoms with van der Waals surface area (Å²) in [7, 11) is -3.69. The van der Waals surface area contributed by atoms with E-state index in [-0.39, 0.29) is 29.6 Å². The van der Waals surface area contributed by atoms with Gasteiger partial charge in [-0.05, 0) is 123 Å². The summed E-state index contributed by atoms with van der Waals surface area (Å²) in [5, 5.41) is 0.471. The second kappa shape index (κ2) is 18.2. The lowest BCUT2D eigenvalue weighted by molar-refractivity contribution is -0.154. The number of rotatable bonds is 16. The Bertz CT molecular complexity index is 1870. The van der Waals surface area contributed by atoms with Crippen LogP contribution in [0.15, 0.2) is 95.9 Å². The van der Waals surface area contributed by atoms with E-state index >= 15 is 0 Å². The van der Waals surface area contributed by atoms with Gasteiger partial charge in [-0.15, -0.1) is 0 Å². The van der Waals surface area contributed by atoms with Crippen LogP contribution in [0.5, 0.6) is 5.75 Å². The summed E-state index contributed by atoms with van der Waals surface area (Å²) in [4.78, 5) is 17.4. The predicted molar refractivity (Wildman–Crippen MR) is 205 cm³/mol. The fourth-order valence-corrected chi connectivity index (χ4v) is 7.39. The minimum absolute atomic E-state index is 0.161. The van der Waals surface area contributed by atoms with Crippen LogP contribution in [-0.4, -0.2) is 70.8 Å². The molecule has 1 aliphatic heterocycles. The molecule has 1 fully saturated rings. The van der Waals surface area contributed by atoms with Crippen LogP contribution in [-0.2, 0) is 45.2 Å². The number of carbonyl (C=O) groups excluding carboxylic acids is 1. The fraction of sp³-hybridized carbons (Fsp3) is 0.390. The van der Waals surface area contributed by atoms with Crippen molar-refractivity contribution in [3.05, 3.63) is 124 Å². The molecule has 0 atom stereocenters. The van der Waals surface area contributed by atoms with Crippen LogP contribution >= 0.6 is 11.6 Å². The maximum absolute atomic E-state index is 13.3. The fourth-order valence-electron chi connectivity index (χ4n) is 6.23. The number of esters is 1. The maximum atomic E-state index is 13.3. The average molecular weight is 750 g/mol. The maximum Gasteiger partial charge on any atom is 0.306 e. The Labute approximate surface area is 312 Å². The summed E-state index contributed by atoms with van der Waals surface area (Å²) < 4.78 is 53.6. The van der Waals surface area contributed by atoms with E-state index in [0.29, 0.717) is 24.5 Å². The van der Waals surface area contributed by atoms with Gasteiger partial charge in [0.25, 0.3) is 0 Å². The number of hydrogen-bond donors (Lipinski definition) is 1. The van der Waals surface area contributed by atoms with Crippen molar-refractivity contribution in [1.82, 2.24) is 9.62 Å². The Balaban J connectivity index is 1.18. The molecule has 0 aliphatic carbocycles. The first-order valence-corrected chi connectivity index (χ1v) is 19.7. The molecule has 1 aliphatic rings. The monoisotopic (exact) mass is 749 g/mol. The summed E-state index contributed by atoms with van der Waals surface area (Å²) in [5.41, 5.74) is 4.69. The van der Waals surface area contributed by atoms with E-state index in [1.165, 1.54) is 24.3 Å². The Kier molecular flexibility index (Phi) is 13.7. The van der Waals surface area contributed by atoms with Crippen LogP contribution in [0.2, 0.25) is 5.02 Å². The number of nitrogens with one attached hydrogen (secondary N) is 1. The lowest BCUT2D eigenvalue weighted by atomic mass is 9.96. The van der Waals surface area contributed by atoms with Crippen molar-refractivity contribution >= 4 is 33.3 Å². The zero-order valence-electron chi connectivity index (χ0n) is 30.2. The quantitative estimate of drug-likeness (QED) is 0.121. The van der Waals surface area contributed by atoms with Gasteiger partial charge in [-0.3, -0.25) is 9.69 Å². The van der Waals surface area contributed by atoms with E-state index < -0.39 is 15.6 Å². The zero-order valence-corrected chi connectivity index (χ0v) is 31.8. The molecule has 52 heavy (non-hydrogen) atoms. The predicted octanol–water partition coefficient (Wildman–Crippen LogP) is 7.26. The van der Waals surface area contributed by atoms with Gasteiger partial charge in [0.05, 0.1) is 4.90 Å². The average Bonchev–Trinajstić information content (AvgIpc) is 3.10. The number of sulfonamides is 1. The second-order valence-electron chi connectivity index (χ2n) is 14.1. The number of nitrogens with zero attached hydrogens (tertiary/aromatic N) is 2. The van der Waals surface area contributed by atoms with Crippen LogP contribution in [0.1, 0.15) is 49.4 Å². The summed E-state index contributed by atoms with van der Waals surface area (Å²) in [6.07, 6.45) is 2.75. The summed E-state index contributed by atoms with van der Waals surface area (Å²) in [5.74, 6) is 0.392. The minimum atomic E-state index is -3.69. The molecule has 0 unspecified atom stereocenters. The third-order valence-electron chi connectivity index (χ3n) is 8.86. The van der Waals surface area contributed by atoms with Crippen molar-refractivity contribution in [3.8, 4) is 5.75 Å². The number of halogens is 2. The first-order valence-electron chi connectivity index (χ1n) is 17.9. The van der Waals surface area contributed by atoms with Gasteiger partial charge in [-0.25, -0.2) is 17.5 Å². The highest BCUT2D eigenvalue weighted by molar-refractivity contribution is 7.89. The molecule has 0 spiro atoms. The van der Waals surface area contributed by atoms with Crippen LogP contribution in [0.3, 0.4) is 0 Å². The molecule has 4 aromatic rings. The molecule has 4 aromatic carbocycles. The molecule has 0 aromatic heterocycles. The van der Waals surface area contributed by atoms with Crippen LogP contribution in [0.25, 0.3) is 0 Å². The summed E-state index contributed by atoms with van der Waals surface area (Å²) in [6, 6.07) is 27.2. The molecular formula is C41H49ClFN3O5S. The molecule has 5 rings (SSSR count). The molecule has 1 N–H and O–H groups in total. The number of benzene rings is 4. The van der Waals surface area contributed by atoms with Crippen molar-refractivity contribution < 1.29 is 27.1 Å². The van der Waals surface area contributed by atoms with Crippen molar-refractivity contribution in [3.63, 3.8) is 0 Å². The number of aryl methyl sites for hydroxylation is 3. The largest absolute Gasteiger partial charge is 0.492 e. The zero-order chi connectivity index (χ0) is 37.1. The molecule has 0 saturated carbocycles.